The minimum Gasteiger partial charge on any atom is -0.494 e. The molecule has 11 heteroatoms. The summed E-state index contributed by atoms with van der Waals surface area (Å²) in [5, 5.41) is 0. The largest absolute Gasteiger partial charge is 0.494 e. The Kier molecular flexibility index (Phi) is 7.95. The quantitative estimate of drug-likeness (QED) is 0.252. The van der Waals surface area contributed by atoms with Crippen LogP contribution in [0.5, 0.6) is 11.5 Å². The van der Waals surface area contributed by atoms with Crippen molar-refractivity contribution in [3.8, 4) is 11.5 Å². The third kappa shape index (κ3) is 6.01. The van der Waals surface area contributed by atoms with Crippen molar-refractivity contribution in [2.45, 2.75) is 49.8 Å². The molecule has 2 rings (SSSR count). The standard InChI is InChI=1S/C21H19F9O2/c22-18(23,19(24,25)20(26,27)21(28,29)30)12-4-5-13-31-16-8-10-17(11-9-16)32-14-15-6-2-1-3-7-15/h1-3,6-11H,4-5,12-14H2. The summed E-state index contributed by atoms with van der Waals surface area (Å²) >= 11 is 0. The first-order valence-electron chi connectivity index (χ1n) is 9.38. The summed E-state index contributed by atoms with van der Waals surface area (Å²) < 4.78 is 126. The van der Waals surface area contributed by atoms with E-state index in [0.717, 1.165) is 5.56 Å². The number of benzene rings is 2. The predicted octanol–water partition coefficient (Wildman–Crippen LogP) is 7.28. The molecule has 0 spiro atoms. The van der Waals surface area contributed by atoms with Crippen molar-refractivity contribution >= 4 is 0 Å². The van der Waals surface area contributed by atoms with Crippen LogP contribution >= 0.6 is 0 Å². The summed E-state index contributed by atoms with van der Waals surface area (Å²) in [6.45, 7) is 0.0921. The zero-order valence-electron chi connectivity index (χ0n) is 16.4. The van der Waals surface area contributed by atoms with Crippen LogP contribution in [0.2, 0.25) is 0 Å². The van der Waals surface area contributed by atoms with E-state index >= 15 is 0 Å². The van der Waals surface area contributed by atoms with Crippen molar-refractivity contribution in [2.75, 3.05) is 6.61 Å². The van der Waals surface area contributed by atoms with Crippen molar-refractivity contribution in [1.29, 1.82) is 0 Å². The third-order valence-corrected chi connectivity index (χ3v) is 4.44. The second-order valence-corrected chi connectivity index (χ2v) is 6.90. The summed E-state index contributed by atoms with van der Waals surface area (Å²) in [5.74, 6) is -18.2. The SMILES string of the molecule is FC(F)(F)C(F)(F)C(F)(F)C(F)(F)CCCCOc1ccc(OCc2ccccc2)cc1. The first kappa shape index (κ1) is 25.7. The van der Waals surface area contributed by atoms with Crippen LogP contribution in [0.15, 0.2) is 54.6 Å². The lowest BCUT2D eigenvalue weighted by Gasteiger charge is -2.33. The Labute approximate surface area is 177 Å². The normalized spacial score (nSPS) is 13.2. The number of hydrogen-bond acceptors (Lipinski definition) is 2. The van der Waals surface area contributed by atoms with Crippen molar-refractivity contribution in [3.63, 3.8) is 0 Å². The summed E-state index contributed by atoms with van der Waals surface area (Å²) in [7, 11) is 0. The van der Waals surface area contributed by atoms with Crippen molar-refractivity contribution in [3.05, 3.63) is 60.2 Å². The lowest BCUT2D eigenvalue weighted by molar-refractivity contribution is -0.396. The maximum atomic E-state index is 13.4. The number of unbranched alkanes of at least 4 members (excludes halogenated alkanes) is 1. The van der Waals surface area contributed by atoms with Crippen LogP contribution < -0.4 is 9.47 Å². The van der Waals surface area contributed by atoms with Gasteiger partial charge in [-0.05, 0) is 42.7 Å². The number of rotatable bonds is 11. The van der Waals surface area contributed by atoms with E-state index in [1.807, 2.05) is 30.3 Å². The number of halogens is 9. The summed E-state index contributed by atoms with van der Waals surface area (Å²) in [4.78, 5) is 0. The van der Waals surface area contributed by atoms with Crippen molar-refractivity contribution in [1.82, 2.24) is 0 Å². The molecule has 2 aromatic rings. The van der Waals surface area contributed by atoms with Gasteiger partial charge in [0, 0.05) is 6.42 Å². The van der Waals surface area contributed by atoms with E-state index in [4.69, 9.17) is 9.47 Å². The van der Waals surface area contributed by atoms with Crippen LogP contribution in [0.4, 0.5) is 39.5 Å². The molecule has 0 aliphatic heterocycles. The first-order chi connectivity index (χ1) is 14.8. The van der Waals surface area contributed by atoms with Gasteiger partial charge in [-0.3, -0.25) is 0 Å². The Bertz CT molecular complexity index is 835. The molecule has 0 fully saturated rings. The Morgan fingerprint density at radius 2 is 1.12 bits per heavy atom. The van der Waals surface area contributed by atoms with Gasteiger partial charge in [0.15, 0.2) is 0 Å². The molecule has 2 aromatic carbocycles. The highest BCUT2D eigenvalue weighted by atomic mass is 19.4. The van der Waals surface area contributed by atoms with Crippen LogP contribution in [0.3, 0.4) is 0 Å². The molecule has 0 unspecified atom stereocenters. The molecule has 0 bridgehead atoms. The van der Waals surface area contributed by atoms with Crippen molar-refractivity contribution in [2.24, 2.45) is 0 Å². The molecule has 0 saturated heterocycles. The maximum absolute atomic E-state index is 13.4. The van der Waals surface area contributed by atoms with E-state index in [-0.39, 0.29) is 13.0 Å². The molecule has 32 heavy (non-hydrogen) atoms. The zero-order chi connectivity index (χ0) is 24.0. The Hall–Kier alpha value is -2.59. The Morgan fingerprint density at radius 1 is 0.594 bits per heavy atom. The van der Waals surface area contributed by atoms with Crippen LogP contribution in [-0.2, 0) is 6.61 Å². The first-order valence-corrected chi connectivity index (χ1v) is 9.38. The van der Waals surface area contributed by atoms with Gasteiger partial charge in [0.25, 0.3) is 0 Å². The van der Waals surface area contributed by atoms with Crippen LogP contribution in [0.1, 0.15) is 24.8 Å². The summed E-state index contributed by atoms with van der Waals surface area (Å²) in [6, 6.07) is 15.5. The molecule has 0 radical (unpaired) electrons. The molecule has 0 aromatic heterocycles. The molecule has 0 N–H and O–H groups in total. The fourth-order valence-corrected chi connectivity index (χ4v) is 2.58. The van der Waals surface area contributed by atoms with Gasteiger partial charge in [0.05, 0.1) is 6.61 Å². The predicted molar refractivity (Wildman–Crippen MR) is 97.5 cm³/mol. The average Bonchev–Trinajstić information content (AvgIpc) is 2.72. The second kappa shape index (κ2) is 9.91. The summed E-state index contributed by atoms with van der Waals surface area (Å²) in [6.07, 6.45) is -9.69. The van der Waals surface area contributed by atoms with E-state index in [1.54, 1.807) is 12.1 Å². The topological polar surface area (TPSA) is 18.5 Å². The second-order valence-electron chi connectivity index (χ2n) is 6.90. The molecule has 178 valence electrons. The van der Waals surface area contributed by atoms with Gasteiger partial charge in [-0.2, -0.15) is 39.5 Å². The third-order valence-electron chi connectivity index (χ3n) is 4.44. The van der Waals surface area contributed by atoms with Gasteiger partial charge in [-0.25, -0.2) is 0 Å². The minimum atomic E-state index is -6.86. The number of ether oxygens (including phenoxy) is 2. The average molecular weight is 474 g/mol. The smallest absolute Gasteiger partial charge is 0.460 e. The highest BCUT2D eigenvalue weighted by molar-refractivity contribution is 5.31. The van der Waals surface area contributed by atoms with Crippen LogP contribution in [0.25, 0.3) is 0 Å². The lowest BCUT2D eigenvalue weighted by atomic mass is 9.99. The van der Waals surface area contributed by atoms with E-state index in [9.17, 15) is 39.5 Å². The minimum absolute atomic E-state index is 0.235. The molecule has 0 amide bonds. The Morgan fingerprint density at radius 3 is 1.66 bits per heavy atom. The highest BCUT2D eigenvalue weighted by Gasteiger charge is 2.81. The molecule has 0 aliphatic carbocycles. The van der Waals surface area contributed by atoms with Crippen LogP contribution in [-0.4, -0.2) is 30.6 Å². The molecular formula is C21H19F9O2. The molecule has 0 aliphatic rings. The van der Waals surface area contributed by atoms with Gasteiger partial charge in [-0.1, -0.05) is 30.3 Å². The van der Waals surface area contributed by atoms with E-state index in [2.05, 4.69) is 0 Å². The molecule has 0 heterocycles. The molecular weight excluding hydrogens is 455 g/mol. The lowest BCUT2D eigenvalue weighted by Crippen LogP contribution is -2.60. The molecule has 0 atom stereocenters. The van der Waals surface area contributed by atoms with Crippen LogP contribution in [0, 0.1) is 0 Å². The molecule has 0 saturated carbocycles. The van der Waals surface area contributed by atoms with Gasteiger partial charge < -0.3 is 9.47 Å². The number of hydrogen-bond donors (Lipinski definition) is 0. The number of alkyl halides is 9. The van der Waals surface area contributed by atoms with E-state index in [0.29, 0.717) is 18.1 Å². The van der Waals surface area contributed by atoms with E-state index < -0.39 is 36.8 Å². The van der Waals surface area contributed by atoms with Gasteiger partial charge >= 0.3 is 23.9 Å². The summed E-state index contributed by atoms with van der Waals surface area (Å²) in [5.41, 5.74) is 0.947. The van der Waals surface area contributed by atoms with Gasteiger partial charge in [0.2, 0.25) is 0 Å². The fraction of sp³-hybridized carbons (Fsp3) is 0.429. The van der Waals surface area contributed by atoms with E-state index in [1.165, 1.54) is 12.1 Å². The zero-order valence-corrected chi connectivity index (χ0v) is 16.4. The van der Waals surface area contributed by atoms with Gasteiger partial charge in [0.1, 0.15) is 18.1 Å². The Balaban J connectivity index is 1.77. The van der Waals surface area contributed by atoms with Gasteiger partial charge in [-0.15, -0.1) is 0 Å². The highest BCUT2D eigenvalue weighted by Crippen LogP contribution is 2.54. The van der Waals surface area contributed by atoms with Crippen molar-refractivity contribution < 1.29 is 49.0 Å². The maximum Gasteiger partial charge on any atom is 0.460 e. The fourth-order valence-electron chi connectivity index (χ4n) is 2.58. The molecule has 2 nitrogen and oxygen atoms in total. The monoisotopic (exact) mass is 474 g/mol.